The van der Waals surface area contributed by atoms with Gasteiger partial charge in [-0.3, -0.25) is 0 Å². The first-order valence-electron chi connectivity index (χ1n) is 4.45. The molecule has 6 heteroatoms. The summed E-state index contributed by atoms with van der Waals surface area (Å²) in [5.41, 5.74) is 0.305. The number of hydrogen-bond acceptors (Lipinski definition) is 5. The number of aromatic nitrogens is 2. The van der Waals surface area contributed by atoms with Gasteiger partial charge < -0.3 is 14.8 Å². The summed E-state index contributed by atoms with van der Waals surface area (Å²) < 4.78 is 23.3. The van der Waals surface area contributed by atoms with Crippen LogP contribution in [0.2, 0.25) is 0 Å². The molecule has 0 aliphatic heterocycles. The van der Waals surface area contributed by atoms with Gasteiger partial charge >= 0.3 is 0 Å². The van der Waals surface area contributed by atoms with Crippen LogP contribution in [0.15, 0.2) is 6.33 Å². The molecule has 0 atom stereocenters. The lowest BCUT2D eigenvalue weighted by Crippen LogP contribution is -2.24. The highest BCUT2D eigenvalue weighted by atomic mass is 19.1. The first-order valence-corrected chi connectivity index (χ1v) is 4.45. The van der Waals surface area contributed by atoms with Crippen LogP contribution in [0, 0.1) is 12.7 Å². The molecule has 0 bridgehead atoms. The number of anilines is 1. The first-order chi connectivity index (χ1) is 7.19. The second-order valence-electron chi connectivity index (χ2n) is 2.90. The highest BCUT2D eigenvalue weighted by Crippen LogP contribution is 2.11. The Kier molecular flexibility index (Phi) is 4.38. The molecule has 0 saturated heterocycles. The van der Waals surface area contributed by atoms with E-state index in [0.29, 0.717) is 12.2 Å². The lowest BCUT2D eigenvalue weighted by Gasteiger charge is -2.14. The van der Waals surface area contributed by atoms with Crippen LogP contribution >= 0.6 is 0 Å². The van der Waals surface area contributed by atoms with E-state index in [0.717, 1.165) is 0 Å². The van der Waals surface area contributed by atoms with E-state index >= 15 is 0 Å². The Labute approximate surface area is 87.6 Å². The molecule has 5 nitrogen and oxygen atoms in total. The molecule has 1 aromatic heterocycles. The summed E-state index contributed by atoms with van der Waals surface area (Å²) in [6, 6.07) is 0. The maximum Gasteiger partial charge on any atom is 0.186 e. The van der Waals surface area contributed by atoms with Crippen molar-refractivity contribution in [1.82, 2.24) is 9.97 Å². The van der Waals surface area contributed by atoms with E-state index in [2.05, 4.69) is 15.3 Å². The second kappa shape index (κ2) is 5.57. The third kappa shape index (κ3) is 3.10. The van der Waals surface area contributed by atoms with E-state index in [9.17, 15) is 4.39 Å². The average Bonchev–Trinajstić information content (AvgIpc) is 2.25. The maximum atomic E-state index is 13.4. The van der Waals surface area contributed by atoms with E-state index in [-0.39, 0.29) is 5.82 Å². The summed E-state index contributed by atoms with van der Waals surface area (Å²) in [6.45, 7) is 1.90. The quantitative estimate of drug-likeness (QED) is 0.741. The largest absolute Gasteiger partial charge is 0.362 e. The van der Waals surface area contributed by atoms with Gasteiger partial charge in [0.2, 0.25) is 0 Å². The Morgan fingerprint density at radius 2 is 2.07 bits per heavy atom. The molecule has 0 unspecified atom stereocenters. The zero-order valence-electron chi connectivity index (χ0n) is 8.95. The van der Waals surface area contributed by atoms with Gasteiger partial charge in [-0.15, -0.1) is 0 Å². The Morgan fingerprint density at radius 3 is 2.67 bits per heavy atom. The minimum atomic E-state index is -0.455. The van der Waals surface area contributed by atoms with Gasteiger partial charge in [0.25, 0.3) is 0 Å². The summed E-state index contributed by atoms with van der Waals surface area (Å²) in [6.07, 6.45) is 0.870. The summed E-state index contributed by atoms with van der Waals surface area (Å²) in [7, 11) is 3.02. The van der Waals surface area contributed by atoms with Crippen molar-refractivity contribution in [2.45, 2.75) is 13.2 Å². The highest BCUT2D eigenvalue weighted by Gasteiger charge is 2.10. The Hall–Kier alpha value is -1.27. The van der Waals surface area contributed by atoms with Gasteiger partial charge in [0.1, 0.15) is 6.33 Å². The minimum Gasteiger partial charge on any atom is -0.362 e. The van der Waals surface area contributed by atoms with Crippen molar-refractivity contribution in [2.24, 2.45) is 0 Å². The summed E-state index contributed by atoms with van der Waals surface area (Å²) >= 11 is 0. The number of ether oxygens (including phenoxy) is 2. The zero-order chi connectivity index (χ0) is 11.3. The van der Waals surface area contributed by atoms with E-state index in [1.165, 1.54) is 20.5 Å². The fraction of sp³-hybridized carbons (Fsp3) is 0.556. The smallest absolute Gasteiger partial charge is 0.186 e. The highest BCUT2D eigenvalue weighted by molar-refractivity contribution is 5.36. The molecule has 0 saturated carbocycles. The molecule has 84 valence electrons. The predicted molar refractivity (Wildman–Crippen MR) is 53.0 cm³/mol. The molecule has 1 N–H and O–H groups in total. The molecular weight excluding hydrogens is 201 g/mol. The van der Waals surface area contributed by atoms with Crippen molar-refractivity contribution in [3.63, 3.8) is 0 Å². The molecule has 0 aliphatic carbocycles. The van der Waals surface area contributed by atoms with Crippen molar-refractivity contribution in [2.75, 3.05) is 26.1 Å². The van der Waals surface area contributed by atoms with Gasteiger partial charge in [0.05, 0.1) is 12.2 Å². The van der Waals surface area contributed by atoms with Crippen LogP contribution in [0.4, 0.5) is 10.2 Å². The molecular formula is C9H14FN3O2. The number of hydrogen-bond donors (Lipinski definition) is 1. The van der Waals surface area contributed by atoms with E-state index in [1.807, 2.05) is 0 Å². The van der Waals surface area contributed by atoms with Crippen LogP contribution in [-0.4, -0.2) is 37.0 Å². The lowest BCUT2D eigenvalue weighted by atomic mass is 10.4. The number of nitrogens with zero attached hydrogens (tertiary/aromatic N) is 2. The third-order valence-electron chi connectivity index (χ3n) is 1.93. The van der Waals surface area contributed by atoms with Crippen LogP contribution in [0.25, 0.3) is 0 Å². The Balaban J connectivity index is 2.61. The molecule has 0 spiro atoms. The molecule has 0 radical (unpaired) electrons. The third-order valence-corrected chi connectivity index (χ3v) is 1.93. The molecule has 0 aromatic carbocycles. The average molecular weight is 215 g/mol. The first kappa shape index (κ1) is 11.8. The van der Waals surface area contributed by atoms with Gasteiger partial charge in [-0.1, -0.05) is 0 Å². The molecule has 0 amide bonds. The second-order valence-corrected chi connectivity index (χ2v) is 2.90. The van der Waals surface area contributed by atoms with Crippen molar-refractivity contribution >= 4 is 5.82 Å². The van der Waals surface area contributed by atoms with Crippen LogP contribution in [0.3, 0.4) is 0 Å². The van der Waals surface area contributed by atoms with Crippen molar-refractivity contribution < 1.29 is 13.9 Å². The van der Waals surface area contributed by atoms with E-state index in [4.69, 9.17) is 9.47 Å². The number of halogens is 1. The Bertz CT molecular complexity index is 318. The summed E-state index contributed by atoms with van der Waals surface area (Å²) in [4.78, 5) is 7.49. The summed E-state index contributed by atoms with van der Waals surface area (Å²) in [5, 5.41) is 2.78. The number of rotatable bonds is 5. The zero-order valence-corrected chi connectivity index (χ0v) is 8.95. The van der Waals surface area contributed by atoms with E-state index in [1.54, 1.807) is 6.92 Å². The number of methoxy groups -OCH3 is 2. The standard InChI is InChI=1S/C9H14FN3O2/c1-6-8(10)9(13-5-12-6)11-4-7(14-2)15-3/h5,7H,4H2,1-3H3,(H,11,12,13). The molecule has 1 aromatic rings. The van der Waals surface area contributed by atoms with Crippen LogP contribution in [0.1, 0.15) is 5.69 Å². The van der Waals surface area contributed by atoms with Crippen molar-refractivity contribution in [3.05, 3.63) is 17.8 Å². The van der Waals surface area contributed by atoms with Gasteiger partial charge in [-0.05, 0) is 6.92 Å². The Morgan fingerprint density at radius 1 is 1.40 bits per heavy atom. The van der Waals surface area contributed by atoms with Gasteiger partial charge in [-0.25, -0.2) is 14.4 Å². The van der Waals surface area contributed by atoms with Crippen LogP contribution < -0.4 is 5.32 Å². The molecule has 1 rings (SSSR count). The topological polar surface area (TPSA) is 56.3 Å². The predicted octanol–water partition coefficient (Wildman–Crippen LogP) is 0.955. The van der Waals surface area contributed by atoms with Crippen LogP contribution in [-0.2, 0) is 9.47 Å². The monoisotopic (exact) mass is 215 g/mol. The van der Waals surface area contributed by atoms with Crippen molar-refractivity contribution in [1.29, 1.82) is 0 Å². The normalized spacial score (nSPS) is 10.7. The number of aryl methyl sites for hydroxylation is 1. The molecule has 0 fully saturated rings. The fourth-order valence-corrected chi connectivity index (χ4v) is 1.02. The lowest BCUT2D eigenvalue weighted by molar-refractivity contribution is -0.0914. The maximum absolute atomic E-state index is 13.4. The molecule has 0 aliphatic rings. The molecule has 1 heterocycles. The van der Waals surface area contributed by atoms with Crippen molar-refractivity contribution in [3.8, 4) is 0 Å². The van der Waals surface area contributed by atoms with Crippen LogP contribution in [0.5, 0.6) is 0 Å². The van der Waals surface area contributed by atoms with E-state index < -0.39 is 12.1 Å². The minimum absolute atomic E-state index is 0.154. The van der Waals surface area contributed by atoms with Gasteiger partial charge in [-0.2, -0.15) is 0 Å². The SMILES string of the molecule is COC(CNc1ncnc(C)c1F)OC. The molecule has 15 heavy (non-hydrogen) atoms. The number of nitrogens with one attached hydrogen (secondary N) is 1. The fourth-order valence-electron chi connectivity index (χ4n) is 1.02. The van der Waals surface area contributed by atoms with Gasteiger partial charge in [0, 0.05) is 14.2 Å². The van der Waals surface area contributed by atoms with Gasteiger partial charge in [0.15, 0.2) is 17.9 Å². The summed E-state index contributed by atoms with van der Waals surface area (Å²) in [5.74, 6) is -0.301.